The van der Waals surface area contributed by atoms with E-state index in [1.807, 2.05) is 18.2 Å². The van der Waals surface area contributed by atoms with Crippen LogP contribution in [0.2, 0.25) is 0 Å². The molecule has 0 bridgehead atoms. The Morgan fingerprint density at radius 3 is 2.86 bits per heavy atom. The van der Waals surface area contributed by atoms with Gasteiger partial charge in [-0.15, -0.1) is 0 Å². The van der Waals surface area contributed by atoms with Gasteiger partial charge in [-0.1, -0.05) is 12.1 Å². The van der Waals surface area contributed by atoms with E-state index in [2.05, 4.69) is 11.0 Å². The second-order valence-corrected chi connectivity index (χ2v) is 3.65. The van der Waals surface area contributed by atoms with Gasteiger partial charge in [0.1, 0.15) is 0 Å². The summed E-state index contributed by atoms with van der Waals surface area (Å²) in [6, 6.07) is 7.98. The molecule has 0 aromatic heterocycles. The van der Waals surface area contributed by atoms with E-state index in [4.69, 9.17) is 10.5 Å². The van der Waals surface area contributed by atoms with Gasteiger partial charge < -0.3 is 15.4 Å². The maximum Gasteiger partial charge on any atom is 0.0762 e. The van der Waals surface area contributed by atoms with E-state index in [1.54, 1.807) is 7.11 Å². The van der Waals surface area contributed by atoms with Gasteiger partial charge in [-0.3, -0.25) is 0 Å². The molecular weight excluding hydrogens is 176 g/mol. The van der Waals surface area contributed by atoms with Crippen LogP contribution in [0.25, 0.3) is 0 Å². The molecule has 0 saturated carbocycles. The zero-order valence-corrected chi connectivity index (χ0v) is 8.44. The first kappa shape index (κ1) is 9.34. The molecule has 0 amide bonds. The second-order valence-electron chi connectivity index (χ2n) is 3.65. The Bertz CT molecular complexity index is 314. The highest BCUT2D eigenvalue weighted by atomic mass is 16.5. The summed E-state index contributed by atoms with van der Waals surface area (Å²) in [7, 11) is 1.77. The van der Waals surface area contributed by atoms with Crippen molar-refractivity contribution in [3.05, 3.63) is 24.3 Å². The molecule has 1 aliphatic rings. The molecule has 1 fully saturated rings. The van der Waals surface area contributed by atoms with E-state index in [1.165, 1.54) is 0 Å². The van der Waals surface area contributed by atoms with Crippen LogP contribution in [0.4, 0.5) is 11.4 Å². The number of rotatable bonds is 2. The molecule has 1 unspecified atom stereocenters. The average molecular weight is 192 g/mol. The van der Waals surface area contributed by atoms with Crippen molar-refractivity contribution in [3.8, 4) is 0 Å². The molecule has 1 heterocycles. The summed E-state index contributed by atoms with van der Waals surface area (Å²) >= 11 is 0. The third-order valence-corrected chi connectivity index (χ3v) is 2.76. The lowest BCUT2D eigenvalue weighted by molar-refractivity contribution is 0.121. The summed E-state index contributed by atoms with van der Waals surface area (Å²) in [6.45, 7) is 1.98. The van der Waals surface area contributed by atoms with Crippen molar-refractivity contribution in [2.75, 3.05) is 30.8 Å². The van der Waals surface area contributed by atoms with Gasteiger partial charge in [0, 0.05) is 20.2 Å². The summed E-state index contributed by atoms with van der Waals surface area (Å²) in [6.07, 6.45) is 1.44. The summed E-state index contributed by atoms with van der Waals surface area (Å²) in [5, 5.41) is 0. The Morgan fingerprint density at radius 2 is 2.21 bits per heavy atom. The summed E-state index contributed by atoms with van der Waals surface area (Å²) in [5.41, 5.74) is 7.89. The smallest absolute Gasteiger partial charge is 0.0762 e. The van der Waals surface area contributed by atoms with E-state index in [0.717, 1.165) is 30.9 Å². The van der Waals surface area contributed by atoms with Crippen LogP contribution in [-0.4, -0.2) is 26.3 Å². The fraction of sp³-hybridized carbons (Fsp3) is 0.455. The van der Waals surface area contributed by atoms with Crippen LogP contribution in [0, 0.1) is 0 Å². The van der Waals surface area contributed by atoms with Gasteiger partial charge in [-0.2, -0.15) is 0 Å². The molecule has 76 valence electrons. The fourth-order valence-electron chi connectivity index (χ4n) is 1.91. The molecule has 2 N–H and O–H groups in total. The minimum absolute atomic E-state index is 0.356. The third-order valence-electron chi connectivity index (χ3n) is 2.76. The zero-order valence-electron chi connectivity index (χ0n) is 8.44. The lowest BCUT2D eigenvalue weighted by Crippen LogP contribution is -2.22. The zero-order chi connectivity index (χ0) is 9.97. The number of ether oxygens (including phenoxy) is 1. The minimum atomic E-state index is 0.356. The van der Waals surface area contributed by atoms with Crippen LogP contribution in [0.15, 0.2) is 24.3 Å². The van der Waals surface area contributed by atoms with E-state index >= 15 is 0 Å². The molecule has 0 spiro atoms. The van der Waals surface area contributed by atoms with Gasteiger partial charge in [0.05, 0.1) is 17.5 Å². The highest BCUT2D eigenvalue weighted by Gasteiger charge is 2.22. The Morgan fingerprint density at radius 1 is 1.43 bits per heavy atom. The van der Waals surface area contributed by atoms with Gasteiger partial charge in [0.25, 0.3) is 0 Å². The summed E-state index contributed by atoms with van der Waals surface area (Å²) < 4.78 is 5.32. The molecule has 2 rings (SSSR count). The maximum atomic E-state index is 5.90. The molecule has 3 nitrogen and oxygen atoms in total. The fourth-order valence-corrected chi connectivity index (χ4v) is 1.91. The van der Waals surface area contributed by atoms with Crippen molar-refractivity contribution in [2.45, 2.75) is 12.5 Å². The van der Waals surface area contributed by atoms with Crippen LogP contribution in [-0.2, 0) is 4.74 Å². The highest BCUT2D eigenvalue weighted by Crippen LogP contribution is 2.26. The van der Waals surface area contributed by atoms with Gasteiger partial charge >= 0.3 is 0 Å². The molecule has 0 radical (unpaired) electrons. The normalized spacial score (nSPS) is 21.5. The Labute approximate surface area is 84.5 Å². The summed E-state index contributed by atoms with van der Waals surface area (Å²) in [4.78, 5) is 2.28. The first-order chi connectivity index (χ1) is 6.81. The van der Waals surface area contributed by atoms with Crippen LogP contribution in [0.1, 0.15) is 6.42 Å². The Balaban J connectivity index is 2.13. The quantitative estimate of drug-likeness (QED) is 0.721. The van der Waals surface area contributed by atoms with Crippen molar-refractivity contribution < 1.29 is 4.74 Å². The topological polar surface area (TPSA) is 38.5 Å². The van der Waals surface area contributed by atoms with Crippen molar-refractivity contribution in [3.63, 3.8) is 0 Å². The lowest BCUT2D eigenvalue weighted by atomic mass is 10.2. The van der Waals surface area contributed by atoms with Gasteiger partial charge in [-0.25, -0.2) is 0 Å². The molecule has 1 aliphatic heterocycles. The van der Waals surface area contributed by atoms with Crippen LogP contribution < -0.4 is 10.6 Å². The maximum absolute atomic E-state index is 5.90. The standard InChI is InChI=1S/C11H16N2O/c1-14-9-6-7-13(8-9)11-5-3-2-4-10(11)12/h2-5,9H,6-8,12H2,1H3. The Hall–Kier alpha value is -1.22. The van der Waals surface area contributed by atoms with E-state index in [9.17, 15) is 0 Å². The second kappa shape index (κ2) is 3.88. The molecule has 1 aromatic rings. The SMILES string of the molecule is COC1CCN(c2ccccc2N)C1. The number of nitrogen functional groups attached to an aromatic ring is 1. The van der Waals surface area contributed by atoms with Gasteiger partial charge in [0.2, 0.25) is 0 Å². The van der Waals surface area contributed by atoms with Gasteiger partial charge in [-0.05, 0) is 18.6 Å². The third kappa shape index (κ3) is 1.68. The van der Waals surface area contributed by atoms with Crippen molar-refractivity contribution in [1.29, 1.82) is 0 Å². The number of para-hydroxylation sites is 2. The molecular formula is C11H16N2O. The van der Waals surface area contributed by atoms with E-state index in [-0.39, 0.29) is 0 Å². The first-order valence-corrected chi connectivity index (χ1v) is 4.93. The number of hydrogen-bond donors (Lipinski definition) is 1. The first-order valence-electron chi connectivity index (χ1n) is 4.93. The lowest BCUT2D eigenvalue weighted by Gasteiger charge is -2.19. The molecule has 1 saturated heterocycles. The largest absolute Gasteiger partial charge is 0.397 e. The average Bonchev–Trinajstić information content (AvgIpc) is 2.67. The molecule has 1 atom stereocenters. The van der Waals surface area contributed by atoms with Crippen molar-refractivity contribution >= 4 is 11.4 Å². The minimum Gasteiger partial charge on any atom is -0.397 e. The van der Waals surface area contributed by atoms with Crippen molar-refractivity contribution in [2.24, 2.45) is 0 Å². The number of nitrogens with zero attached hydrogens (tertiary/aromatic N) is 1. The van der Waals surface area contributed by atoms with Crippen LogP contribution in [0.5, 0.6) is 0 Å². The van der Waals surface area contributed by atoms with Crippen LogP contribution in [0.3, 0.4) is 0 Å². The Kier molecular flexibility index (Phi) is 2.59. The number of methoxy groups -OCH3 is 1. The molecule has 3 heteroatoms. The van der Waals surface area contributed by atoms with E-state index in [0.29, 0.717) is 6.10 Å². The predicted molar refractivity (Wildman–Crippen MR) is 58.5 cm³/mol. The number of hydrogen-bond acceptors (Lipinski definition) is 3. The highest BCUT2D eigenvalue weighted by molar-refractivity contribution is 5.67. The van der Waals surface area contributed by atoms with E-state index < -0.39 is 0 Å². The van der Waals surface area contributed by atoms with Crippen molar-refractivity contribution in [1.82, 2.24) is 0 Å². The molecule has 1 aromatic carbocycles. The molecule has 0 aliphatic carbocycles. The number of anilines is 2. The number of benzene rings is 1. The predicted octanol–water partition coefficient (Wildman–Crippen LogP) is 1.49. The summed E-state index contributed by atoms with van der Waals surface area (Å²) in [5.74, 6) is 0. The monoisotopic (exact) mass is 192 g/mol. The molecule has 14 heavy (non-hydrogen) atoms. The van der Waals surface area contributed by atoms with Gasteiger partial charge in [0.15, 0.2) is 0 Å². The number of nitrogens with two attached hydrogens (primary N) is 1. The van der Waals surface area contributed by atoms with Crippen LogP contribution >= 0.6 is 0 Å².